The van der Waals surface area contributed by atoms with Crippen LogP contribution < -0.4 is 10.6 Å². The van der Waals surface area contributed by atoms with Crippen molar-refractivity contribution in [3.8, 4) is 0 Å². The van der Waals surface area contributed by atoms with Crippen molar-refractivity contribution in [2.45, 2.75) is 13.0 Å². The van der Waals surface area contributed by atoms with E-state index in [-0.39, 0.29) is 5.91 Å². The third-order valence-corrected chi connectivity index (χ3v) is 3.17. The van der Waals surface area contributed by atoms with Gasteiger partial charge in [-0.2, -0.15) is 0 Å². The number of hydrogen-bond donors (Lipinski definition) is 2. The van der Waals surface area contributed by atoms with Gasteiger partial charge < -0.3 is 15.4 Å². The molecular formula is C17H19N3O3. The van der Waals surface area contributed by atoms with Crippen LogP contribution in [-0.4, -0.2) is 30.5 Å². The van der Waals surface area contributed by atoms with Crippen molar-refractivity contribution < 1.29 is 14.3 Å². The van der Waals surface area contributed by atoms with E-state index in [2.05, 4.69) is 20.4 Å². The maximum Gasteiger partial charge on any atom is 0.337 e. The Morgan fingerprint density at radius 2 is 1.96 bits per heavy atom. The number of esters is 1. The minimum Gasteiger partial charge on any atom is -0.465 e. The number of amides is 1. The Morgan fingerprint density at radius 3 is 2.70 bits per heavy atom. The number of carbonyl (C=O) groups is 2. The number of anilines is 1. The molecule has 6 heteroatoms. The fourth-order valence-corrected chi connectivity index (χ4v) is 2.00. The molecule has 2 N–H and O–H groups in total. The first-order chi connectivity index (χ1) is 11.2. The molecule has 0 saturated heterocycles. The van der Waals surface area contributed by atoms with E-state index in [1.54, 1.807) is 36.7 Å². The number of benzene rings is 1. The average Bonchev–Trinajstić information content (AvgIpc) is 2.59. The molecule has 0 saturated carbocycles. The molecule has 2 aromatic rings. The van der Waals surface area contributed by atoms with Crippen LogP contribution in [0.4, 0.5) is 5.69 Å². The standard InChI is InChI=1S/C17H19N3O3/c1-23-17(22)14-3-2-4-15(11-14)20-16(21)7-10-19-12-13-5-8-18-9-6-13/h2-6,8-9,11,19H,7,10,12H2,1H3,(H,20,21). The van der Waals surface area contributed by atoms with Crippen LogP contribution in [0.1, 0.15) is 22.3 Å². The van der Waals surface area contributed by atoms with E-state index in [4.69, 9.17) is 0 Å². The zero-order chi connectivity index (χ0) is 16.5. The number of hydrogen-bond acceptors (Lipinski definition) is 5. The first-order valence-electron chi connectivity index (χ1n) is 7.27. The van der Waals surface area contributed by atoms with Gasteiger partial charge in [0.2, 0.25) is 5.91 Å². The zero-order valence-electron chi connectivity index (χ0n) is 12.9. The molecule has 0 unspecified atom stereocenters. The van der Waals surface area contributed by atoms with Gasteiger partial charge in [-0.1, -0.05) is 6.07 Å². The lowest BCUT2D eigenvalue weighted by atomic mass is 10.2. The lowest BCUT2D eigenvalue weighted by Gasteiger charge is -2.08. The molecule has 120 valence electrons. The van der Waals surface area contributed by atoms with Crippen molar-refractivity contribution in [3.05, 3.63) is 59.9 Å². The molecule has 0 aliphatic heterocycles. The molecule has 1 aromatic carbocycles. The predicted octanol–water partition coefficient (Wildman–Crippen LogP) is 1.99. The summed E-state index contributed by atoms with van der Waals surface area (Å²) in [5, 5.41) is 5.96. The summed E-state index contributed by atoms with van der Waals surface area (Å²) in [6.45, 7) is 1.25. The molecule has 0 fully saturated rings. The summed E-state index contributed by atoms with van der Waals surface area (Å²) < 4.78 is 4.65. The number of nitrogens with one attached hydrogen (secondary N) is 2. The first kappa shape index (κ1) is 16.6. The molecule has 0 radical (unpaired) electrons. The highest BCUT2D eigenvalue weighted by atomic mass is 16.5. The van der Waals surface area contributed by atoms with Crippen LogP contribution in [0.5, 0.6) is 0 Å². The Labute approximate surface area is 134 Å². The Morgan fingerprint density at radius 1 is 1.17 bits per heavy atom. The maximum atomic E-state index is 11.9. The number of pyridine rings is 1. The van der Waals surface area contributed by atoms with E-state index in [0.717, 1.165) is 5.56 Å². The van der Waals surface area contributed by atoms with Gasteiger partial charge in [-0.3, -0.25) is 9.78 Å². The van der Waals surface area contributed by atoms with Crippen LogP contribution in [0.2, 0.25) is 0 Å². The molecule has 0 atom stereocenters. The Kier molecular flexibility index (Phi) is 6.26. The quantitative estimate of drug-likeness (QED) is 0.603. The van der Waals surface area contributed by atoms with Gasteiger partial charge >= 0.3 is 5.97 Å². The van der Waals surface area contributed by atoms with Crippen molar-refractivity contribution in [2.75, 3.05) is 19.0 Å². The van der Waals surface area contributed by atoms with Gasteiger partial charge in [0.25, 0.3) is 0 Å². The molecule has 2 rings (SSSR count). The van der Waals surface area contributed by atoms with E-state index in [1.807, 2.05) is 12.1 Å². The van der Waals surface area contributed by atoms with Gasteiger partial charge in [-0.05, 0) is 35.9 Å². The minimum atomic E-state index is -0.430. The van der Waals surface area contributed by atoms with Gasteiger partial charge in [0.15, 0.2) is 0 Å². The summed E-state index contributed by atoms with van der Waals surface area (Å²) in [7, 11) is 1.32. The molecule has 0 aliphatic carbocycles. The van der Waals surface area contributed by atoms with Crippen molar-refractivity contribution in [1.82, 2.24) is 10.3 Å². The van der Waals surface area contributed by atoms with Crippen LogP contribution in [0.25, 0.3) is 0 Å². The number of nitrogens with zero attached hydrogens (tertiary/aromatic N) is 1. The van der Waals surface area contributed by atoms with Crippen molar-refractivity contribution in [3.63, 3.8) is 0 Å². The second-order valence-corrected chi connectivity index (χ2v) is 4.90. The Bertz CT molecular complexity index is 659. The van der Waals surface area contributed by atoms with Crippen molar-refractivity contribution in [2.24, 2.45) is 0 Å². The van der Waals surface area contributed by atoms with Crippen LogP contribution in [0, 0.1) is 0 Å². The molecule has 1 amide bonds. The monoisotopic (exact) mass is 313 g/mol. The van der Waals surface area contributed by atoms with Gasteiger partial charge in [0.1, 0.15) is 0 Å². The summed E-state index contributed by atoms with van der Waals surface area (Å²) in [6, 6.07) is 10.5. The van der Waals surface area contributed by atoms with E-state index in [9.17, 15) is 9.59 Å². The van der Waals surface area contributed by atoms with Crippen molar-refractivity contribution >= 4 is 17.6 Å². The van der Waals surface area contributed by atoms with E-state index in [0.29, 0.717) is 30.8 Å². The zero-order valence-corrected chi connectivity index (χ0v) is 12.9. The minimum absolute atomic E-state index is 0.116. The fourth-order valence-electron chi connectivity index (χ4n) is 2.00. The topological polar surface area (TPSA) is 80.3 Å². The van der Waals surface area contributed by atoms with E-state index in [1.165, 1.54) is 7.11 Å². The highest BCUT2D eigenvalue weighted by molar-refractivity contribution is 5.94. The predicted molar refractivity (Wildman–Crippen MR) is 87.0 cm³/mol. The lowest BCUT2D eigenvalue weighted by Crippen LogP contribution is -2.21. The lowest BCUT2D eigenvalue weighted by molar-refractivity contribution is -0.116. The van der Waals surface area contributed by atoms with Crippen LogP contribution in [0.15, 0.2) is 48.8 Å². The second-order valence-electron chi connectivity index (χ2n) is 4.90. The molecule has 6 nitrogen and oxygen atoms in total. The van der Waals surface area contributed by atoms with Crippen LogP contribution in [0.3, 0.4) is 0 Å². The summed E-state index contributed by atoms with van der Waals surface area (Å²) >= 11 is 0. The summed E-state index contributed by atoms with van der Waals surface area (Å²) in [5.74, 6) is -0.547. The Hall–Kier alpha value is -2.73. The normalized spacial score (nSPS) is 10.1. The number of methoxy groups -OCH3 is 1. The summed E-state index contributed by atoms with van der Waals surface area (Å²) in [4.78, 5) is 27.3. The van der Waals surface area contributed by atoms with E-state index < -0.39 is 5.97 Å². The van der Waals surface area contributed by atoms with Crippen LogP contribution in [-0.2, 0) is 16.1 Å². The molecule has 1 heterocycles. The number of ether oxygens (including phenoxy) is 1. The van der Waals surface area contributed by atoms with Gasteiger partial charge in [0.05, 0.1) is 12.7 Å². The summed E-state index contributed by atoms with van der Waals surface area (Å²) in [5.41, 5.74) is 2.10. The van der Waals surface area contributed by atoms with E-state index >= 15 is 0 Å². The third-order valence-electron chi connectivity index (χ3n) is 3.17. The number of rotatable bonds is 7. The van der Waals surface area contributed by atoms with Gasteiger partial charge in [-0.15, -0.1) is 0 Å². The molecule has 0 bridgehead atoms. The first-order valence-corrected chi connectivity index (χ1v) is 7.27. The fraction of sp³-hybridized carbons (Fsp3) is 0.235. The van der Waals surface area contributed by atoms with Gasteiger partial charge in [0, 0.05) is 37.6 Å². The smallest absolute Gasteiger partial charge is 0.337 e. The maximum absolute atomic E-state index is 11.9. The molecule has 23 heavy (non-hydrogen) atoms. The third kappa shape index (κ3) is 5.52. The highest BCUT2D eigenvalue weighted by Crippen LogP contribution is 2.11. The number of carbonyl (C=O) groups excluding carboxylic acids is 2. The molecular weight excluding hydrogens is 294 g/mol. The SMILES string of the molecule is COC(=O)c1cccc(NC(=O)CCNCc2ccncc2)c1. The average molecular weight is 313 g/mol. The largest absolute Gasteiger partial charge is 0.465 e. The Balaban J connectivity index is 1.75. The number of aromatic nitrogens is 1. The van der Waals surface area contributed by atoms with Gasteiger partial charge in [-0.25, -0.2) is 4.79 Å². The highest BCUT2D eigenvalue weighted by Gasteiger charge is 2.07. The van der Waals surface area contributed by atoms with Crippen molar-refractivity contribution in [1.29, 1.82) is 0 Å². The molecule has 0 aliphatic rings. The second kappa shape index (κ2) is 8.65. The summed E-state index contributed by atoms with van der Waals surface area (Å²) in [6.07, 6.45) is 3.81. The molecule has 1 aromatic heterocycles. The molecule has 0 spiro atoms. The van der Waals surface area contributed by atoms with Crippen LogP contribution >= 0.6 is 0 Å².